The first-order valence-electron chi connectivity index (χ1n) is 11.8. The largest absolute Gasteiger partial charge is 0.494 e. The Kier molecular flexibility index (Phi) is 8.53. The molecule has 1 heterocycles. The number of carbonyl (C=O) groups excluding carboxylic acids is 4. The zero-order chi connectivity index (χ0) is 28.1. The van der Waals surface area contributed by atoms with Crippen molar-refractivity contribution in [3.8, 4) is 11.5 Å². The van der Waals surface area contributed by atoms with Gasteiger partial charge in [-0.05, 0) is 74.0 Å². The molecule has 39 heavy (non-hydrogen) atoms. The number of hydrogen-bond donors (Lipinski definition) is 2. The van der Waals surface area contributed by atoms with Crippen LogP contribution in [0.2, 0.25) is 10.0 Å². The van der Waals surface area contributed by atoms with Crippen LogP contribution in [0.25, 0.3) is 6.08 Å². The average molecular weight is 568 g/mol. The fourth-order valence-electron chi connectivity index (χ4n) is 3.69. The molecular formula is C28H23Cl2N3O6. The van der Waals surface area contributed by atoms with E-state index in [1.165, 1.54) is 30.3 Å². The number of benzene rings is 3. The number of nitrogens with one attached hydrogen (secondary N) is 2. The van der Waals surface area contributed by atoms with E-state index in [-0.39, 0.29) is 33.7 Å². The van der Waals surface area contributed by atoms with E-state index in [0.717, 1.165) is 10.5 Å². The van der Waals surface area contributed by atoms with Crippen LogP contribution in [0.1, 0.15) is 18.1 Å². The predicted octanol–water partition coefficient (Wildman–Crippen LogP) is 5.38. The molecule has 0 atom stereocenters. The molecule has 0 unspecified atom stereocenters. The molecule has 11 heteroatoms. The predicted molar refractivity (Wildman–Crippen MR) is 148 cm³/mol. The highest BCUT2D eigenvalue weighted by molar-refractivity contribution is 6.40. The number of amides is 5. The summed E-state index contributed by atoms with van der Waals surface area (Å²) < 4.78 is 10.9. The number of anilines is 2. The summed E-state index contributed by atoms with van der Waals surface area (Å²) in [6, 6.07) is 15.5. The third-order valence-electron chi connectivity index (χ3n) is 5.52. The number of carbonyl (C=O) groups is 4. The van der Waals surface area contributed by atoms with Gasteiger partial charge < -0.3 is 14.8 Å². The minimum atomic E-state index is -0.880. The third kappa shape index (κ3) is 6.57. The highest BCUT2D eigenvalue weighted by Gasteiger charge is 2.36. The Morgan fingerprint density at radius 1 is 0.974 bits per heavy atom. The minimum Gasteiger partial charge on any atom is -0.494 e. The Labute approximate surface area is 234 Å². The molecule has 3 aromatic rings. The number of nitrogens with zero attached hydrogens (tertiary/aromatic N) is 1. The van der Waals surface area contributed by atoms with Gasteiger partial charge in [0.1, 0.15) is 11.3 Å². The number of hydrogen-bond acceptors (Lipinski definition) is 6. The summed E-state index contributed by atoms with van der Waals surface area (Å²) in [5.41, 5.74) is 1.92. The standard InChI is InChI=1S/C28H23Cl2N3O6/c1-3-38-20-10-8-19(9-11-20)33-27(36)21(26(35)32-28(33)37)12-17-13-22(29)25(23(30)14-17)39-15-24(34)31-18-6-4-16(2)5-7-18/h4-14H,3,15H2,1-2H3,(H,31,34)(H,32,35,37)/b21-12+. The molecule has 3 aromatic carbocycles. The van der Waals surface area contributed by atoms with Crippen LogP contribution in [0.3, 0.4) is 0 Å². The maximum Gasteiger partial charge on any atom is 0.335 e. The number of imide groups is 2. The van der Waals surface area contributed by atoms with Crippen molar-refractivity contribution in [2.45, 2.75) is 13.8 Å². The second kappa shape index (κ2) is 12.0. The fourth-order valence-corrected chi connectivity index (χ4v) is 4.30. The molecule has 5 amide bonds. The molecule has 9 nitrogen and oxygen atoms in total. The van der Waals surface area contributed by atoms with Gasteiger partial charge in [-0.25, -0.2) is 9.69 Å². The molecule has 1 aliphatic rings. The molecule has 2 N–H and O–H groups in total. The van der Waals surface area contributed by atoms with Crippen LogP contribution in [0.5, 0.6) is 11.5 Å². The first kappa shape index (κ1) is 27.7. The van der Waals surface area contributed by atoms with E-state index in [2.05, 4.69) is 10.6 Å². The highest BCUT2D eigenvalue weighted by Crippen LogP contribution is 2.35. The zero-order valence-electron chi connectivity index (χ0n) is 20.9. The van der Waals surface area contributed by atoms with E-state index in [9.17, 15) is 19.2 Å². The summed E-state index contributed by atoms with van der Waals surface area (Å²) in [6.45, 7) is 3.87. The van der Waals surface area contributed by atoms with E-state index in [4.69, 9.17) is 32.7 Å². The van der Waals surface area contributed by atoms with Gasteiger partial charge in [0.2, 0.25) is 0 Å². The van der Waals surface area contributed by atoms with Crippen LogP contribution in [0.15, 0.2) is 66.2 Å². The average Bonchev–Trinajstić information content (AvgIpc) is 2.88. The van der Waals surface area contributed by atoms with Crippen LogP contribution in [-0.4, -0.2) is 37.0 Å². The molecule has 0 aromatic heterocycles. The number of rotatable bonds is 8. The minimum absolute atomic E-state index is 0.0561. The van der Waals surface area contributed by atoms with E-state index in [1.807, 2.05) is 26.0 Å². The summed E-state index contributed by atoms with van der Waals surface area (Å²) in [5.74, 6) is -1.48. The number of halogens is 2. The van der Waals surface area contributed by atoms with Crippen LogP contribution in [-0.2, 0) is 14.4 Å². The molecule has 4 rings (SSSR count). The molecule has 0 saturated carbocycles. The number of barbiturate groups is 1. The lowest BCUT2D eigenvalue weighted by Gasteiger charge is -2.26. The van der Waals surface area contributed by atoms with E-state index in [0.29, 0.717) is 23.6 Å². The fraction of sp³-hybridized carbons (Fsp3) is 0.143. The van der Waals surface area contributed by atoms with E-state index < -0.39 is 23.8 Å². The quantitative estimate of drug-likeness (QED) is 0.279. The molecule has 0 bridgehead atoms. The normalized spacial score (nSPS) is 14.3. The maximum absolute atomic E-state index is 13.2. The first-order chi connectivity index (χ1) is 18.7. The highest BCUT2D eigenvalue weighted by atomic mass is 35.5. The lowest BCUT2D eigenvalue weighted by Crippen LogP contribution is -2.54. The van der Waals surface area contributed by atoms with Crippen molar-refractivity contribution in [1.29, 1.82) is 0 Å². The monoisotopic (exact) mass is 567 g/mol. The van der Waals surface area contributed by atoms with Crippen LogP contribution in [0, 0.1) is 6.92 Å². The number of ether oxygens (including phenoxy) is 2. The summed E-state index contributed by atoms with van der Waals surface area (Å²) >= 11 is 12.7. The Morgan fingerprint density at radius 2 is 1.62 bits per heavy atom. The summed E-state index contributed by atoms with van der Waals surface area (Å²) in [4.78, 5) is 51.2. The Hall–Kier alpha value is -4.34. The van der Waals surface area contributed by atoms with Crippen molar-refractivity contribution in [1.82, 2.24) is 5.32 Å². The van der Waals surface area contributed by atoms with Gasteiger partial charge in [-0.15, -0.1) is 0 Å². The van der Waals surface area contributed by atoms with Crippen molar-refractivity contribution in [3.63, 3.8) is 0 Å². The molecule has 0 spiro atoms. The molecule has 1 aliphatic heterocycles. The molecule has 0 radical (unpaired) electrons. The van der Waals surface area contributed by atoms with Crippen molar-refractivity contribution in [2.75, 3.05) is 23.4 Å². The van der Waals surface area contributed by atoms with Crippen LogP contribution >= 0.6 is 23.2 Å². The van der Waals surface area contributed by atoms with Gasteiger partial charge in [0, 0.05) is 5.69 Å². The smallest absolute Gasteiger partial charge is 0.335 e. The van der Waals surface area contributed by atoms with Gasteiger partial charge in [-0.3, -0.25) is 19.7 Å². The summed E-state index contributed by atoms with van der Waals surface area (Å²) in [5, 5.41) is 4.97. The van der Waals surface area contributed by atoms with Gasteiger partial charge in [0.05, 0.1) is 22.3 Å². The van der Waals surface area contributed by atoms with E-state index >= 15 is 0 Å². The molecule has 1 saturated heterocycles. The van der Waals surface area contributed by atoms with E-state index in [1.54, 1.807) is 24.3 Å². The van der Waals surface area contributed by atoms with Crippen molar-refractivity contribution in [2.24, 2.45) is 0 Å². The molecule has 0 aliphatic carbocycles. The van der Waals surface area contributed by atoms with Crippen LogP contribution < -0.4 is 25.0 Å². The Bertz CT molecular complexity index is 1450. The molecular weight excluding hydrogens is 545 g/mol. The topological polar surface area (TPSA) is 114 Å². The second-order valence-electron chi connectivity index (χ2n) is 8.40. The van der Waals surface area contributed by atoms with Crippen molar-refractivity contribution < 1.29 is 28.7 Å². The molecule has 200 valence electrons. The Morgan fingerprint density at radius 3 is 2.23 bits per heavy atom. The first-order valence-corrected chi connectivity index (χ1v) is 12.5. The SMILES string of the molecule is CCOc1ccc(N2C(=O)NC(=O)/C(=C\c3cc(Cl)c(OCC(=O)Nc4ccc(C)cc4)c(Cl)c3)C2=O)cc1. The van der Waals surface area contributed by atoms with Crippen molar-refractivity contribution in [3.05, 3.63) is 87.4 Å². The van der Waals surface area contributed by atoms with Crippen molar-refractivity contribution >= 4 is 64.4 Å². The summed E-state index contributed by atoms with van der Waals surface area (Å²) in [6.07, 6.45) is 1.26. The summed E-state index contributed by atoms with van der Waals surface area (Å²) in [7, 11) is 0. The lowest BCUT2D eigenvalue weighted by molar-refractivity contribution is -0.122. The number of aryl methyl sites for hydroxylation is 1. The lowest BCUT2D eigenvalue weighted by atomic mass is 10.1. The van der Waals surface area contributed by atoms with Gasteiger partial charge in [0.25, 0.3) is 17.7 Å². The third-order valence-corrected chi connectivity index (χ3v) is 6.08. The van der Waals surface area contributed by atoms with Gasteiger partial charge in [-0.1, -0.05) is 40.9 Å². The van der Waals surface area contributed by atoms with Crippen LogP contribution in [0.4, 0.5) is 16.2 Å². The van der Waals surface area contributed by atoms with Gasteiger partial charge in [0.15, 0.2) is 12.4 Å². The number of urea groups is 1. The zero-order valence-corrected chi connectivity index (χ0v) is 22.4. The molecule has 1 fully saturated rings. The Balaban J connectivity index is 1.50. The van der Waals surface area contributed by atoms with Gasteiger partial charge in [-0.2, -0.15) is 0 Å². The maximum atomic E-state index is 13.2. The van der Waals surface area contributed by atoms with Gasteiger partial charge >= 0.3 is 6.03 Å². The second-order valence-corrected chi connectivity index (χ2v) is 9.22.